The summed E-state index contributed by atoms with van der Waals surface area (Å²) in [6.07, 6.45) is 0.559. The Balaban J connectivity index is 1.93. The van der Waals surface area contributed by atoms with E-state index in [0.717, 1.165) is 18.7 Å². The van der Waals surface area contributed by atoms with Gasteiger partial charge in [-0.1, -0.05) is 24.4 Å². The molecule has 0 bridgehead atoms. The van der Waals surface area contributed by atoms with Gasteiger partial charge in [0.15, 0.2) is 0 Å². The smallest absolute Gasteiger partial charge is 0.253 e. The van der Waals surface area contributed by atoms with Crippen molar-refractivity contribution in [1.82, 2.24) is 9.80 Å². The maximum atomic E-state index is 12.4. The zero-order chi connectivity index (χ0) is 15.2. The molecule has 0 spiro atoms. The summed E-state index contributed by atoms with van der Waals surface area (Å²) in [5.41, 5.74) is 7.22. The van der Waals surface area contributed by atoms with Crippen LogP contribution in [-0.2, 0) is 6.42 Å². The lowest BCUT2D eigenvalue weighted by molar-refractivity contribution is 0.0615. The monoisotopic (exact) mass is 307 g/mol. The lowest BCUT2D eigenvalue weighted by atomic mass is 10.1. The van der Waals surface area contributed by atoms with Crippen LogP contribution in [0, 0.1) is 0 Å². The van der Waals surface area contributed by atoms with E-state index >= 15 is 0 Å². The van der Waals surface area contributed by atoms with E-state index in [1.165, 1.54) is 0 Å². The maximum Gasteiger partial charge on any atom is 0.253 e. The van der Waals surface area contributed by atoms with Crippen molar-refractivity contribution in [2.75, 3.05) is 39.3 Å². The zero-order valence-electron chi connectivity index (χ0n) is 12.0. The van der Waals surface area contributed by atoms with Gasteiger partial charge in [-0.15, -0.1) is 0 Å². The van der Waals surface area contributed by atoms with E-state index in [1.54, 1.807) is 0 Å². The molecule has 1 aliphatic heterocycles. The summed E-state index contributed by atoms with van der Waals surface area (Å²) >= 11 is 4.88. The van der Waals surface area contributed by atoms with Crippen LogP contribution in [0.4, 0.5) is 0 Å². The highest BCUT2D eigenvalue weighted by molar-refractivity contribution is 7.80. The Kier molecular flexibility index (Phi) is 5.67. The molecule has 21 heavy (non-hydrogen) atoms. The van der Waals surface area contributed by atoms with E-state index in [1.807, 2.05) is 29.2 Å². The average Bonchev–Trinajstić information content (AvgIpc) is 2.48. The number of hydrogen-bond acceptors (Lipinski definition) is 4. The third kappa shape index (κ3) is 4.49. The van der Waals surface area contributed by atoms with Crippen molar-refractivity contribution in [2.45, 2.75) is 6.42 Å². The summed E-state index contributed by atoms with van der Waals surface area (Å²) in [6, 6.07) is 7.45. The Hall–Kier alpha value is -1.50. The van der Waals surface area contributed by atoms with Crippen LogP contribution in [0.3, 0.4) is 0 Å². The predicted octanol–water partition coefficient (Wildman–Crippen LogP) is 0.265. The number of amides is 1. The van der Waals surface area contributed by atoms with E-state index < -0.39 is 0 Å². The van der Waals surface area contributed by atoms with Crippen molar-refractivity contribution in [2.24, 2.45) is 5.73 Å². The normalized spacial score (nSPS) is 16.0. The second-order valence-electron chi connectivity index (χ2n) is 5.20. The number of piperazine rings is 1. The van der Waals surface area contributed by atoms with Crippen LogP contribution in [0.5, 0.6) is 0 Å². The van der Waals surface area contributed by atoms with E-state index in [-0.39, 0.29) is 12.5 Å². The van der Waals surface area contributed by atoms with Gasteiger partial charge in [-0.3, -0.25) is 9.69 Å². The molecule has 1 heterocycles. The standard InChI is InChI=1S/C15H21N3O2S/c16-14(21)11-12-1-3-13(4-2-12)15(20)18-7-5-17(6-8-18)9-10-19/h1-4,19H,5-11H2,(H2,16,21). The molecule has 0 aromatic heterocycles. The number of rotatable bonds is 5. The number of aliphatic hydroxyl groups is 1. The van der Waals surface area contributed by atoms with Crippen molar-refractivity contribution in [3.63, 3.8) is 0 Å². The molecule has 3 N–H and O–H groups in total. The minimum absolute atomic E-state index is 0.0560. The summed E-state index contributed by atoms with van der Waals surface area (Å²) in [6.45, 7) is 3.87. The highest BCUT2D eigenvalue weighted by Gasteiger charge is 2.21. The molecular formula is C15H21N3O2S. The van der Waals surface area contributed by atoms with Gasteiger partial charge in [-0.25, -0.2) is 0 Å². The number of carbonyl (C=O) groups excluding carboxylic acids is 1. The molecule has 1 aliphatic rings. The molecule has 0 saturated carbocycles. The molecule has 0 aliphatic carbocycles. The quantitative estimate of drug-likeness (QED) is 0.764. The molecule has 0 radical (unpaired) electrons. The van der Waals surface area contributed by atoms with Gasteiger partial charge >= 0.3 is 0 Å². The van der Waals surface area contributed by atoms with Gasteiger partial charge in [0.1, 0.15) is 0 Å². The first kappa shape index (κ1) is 15.9. The molecular weight excluding hydrogens is 286 g/mol. The summed E-state index contributed by atoms with van der Waals surface area (Å²) in [7, 11) is 0. The fourth-order valence-electron chi connectivity index (χ4n) is 2.46. The highest BCUT2D eigenvalue weighted by Crippen LogP contribution is 2.11. The molecule has 114 valence electrons. The van der Waals surface area contributed by atoms with Crippen LogP contribution in [0.25, 0.3) is 0 Å². The second kappa shape index (κ2) is 7.49. The van der Waals surface area contributed by atoms with Crippen LogP contribution >= 0.6 is 12.2 Å². The molecule has 1 fully saturated rings. The summed E-state index contributed by atoms with van der Waals surface area (Å²) < 4.78 is 0. The van der Waals surface area contributed by atoms with E-state index in [2.05, 4.69) is 4.90 Å². The number of thiocarbonyl (C=S) groups is 1. The first-order valence-electron chi connectivity index (χ1n) is 7.10. The summed E-state index contributed by atoms with van der Waals surface area (Å²) in [5.74, 6) is 0.0560. The molecule has 2 rings (SSSR count). The minimum Gasteiger partial charge on any atom is -0.395 e. The van der Waals surface area contributed by atoms with Gasteiger partial charge in [0.25, 0.3) is 5.91 Å². The first-order valence-corrected chi connectivity index (χ1v) is 7.50. The summed E-state index contributed by atoms with van der Waals surface area (Å²) in [5, 5.41) is 8.92. The molecule has 6 heteroatoms. The number of benzene rings is 1. The number of β-amino-alcohol motifs (C(OH)–C–C–N with tert-alkyl or cyclic N) is 1. The number of hydrogen-bond donors (Lipinski definition) is 2. The van der Waals surface area contributed by atoms with Crippen molar-refractivity contribution >= 4 is 23.1 Å². The zero-order valence-corrected chi connectivity index (χ0v) is 12.8. The Labute approximate surface area is 130 Å². The number of nitrogens with two attached hydrogens (primary N) is 1. The molecule has 1 saturated heterocycles. The van der Waals surface area contributed by atoms with Gasteiger partial charge in [-0.05, 0) is 17.7 Å². The number of carbonyl (C=O) groups is 1. The minimum atomic E-state index is 0.0560. The van der Waals surface area contributed by atoms with Gasteiger partial charge in [0, 0.05) is 44.7 Å². The first-order chi connectivity index (χ1) is 10.1. The third-order valence-corrected chi connectivity index (χ3v) is 3.80. The Morgan fingerprint density at radius 2 is 1.81 bits per heavy atom. The lowest BCUT2D eigenvalue weighted by Gasteiger charge is -2.34. The Bertz CT molecular complexity index is 496. The van der Waals surface area contributed by atoms with Crippen LogP contribution in [0.2, 0.25) is 0 Å². The average molecular weight is 307 g/mol. The van der Waals surface area contributed by atoms with E-state index in [0.29, 0.717) is 36.6 Å². The number of nitrogens with zero attached hydrogens (tertiary/aromatic N) is 2. The second-order valence-corrected chi connectivity index (χ2v) is 5.72. The Morgan fingerprint density at radius 3 is 2.33 bits per heavy atom. The number of aliphatic hydroxyl groups excluding tert-OH is 1. The van der Waals surface area contributed by atoms with Crippen molar-refractivity contribution in [3.05, 3.63) is 35.4 Å². The molecule has 5 nitrogen and oxygen atoms in total. The molecule has 0 atom stereocenters. The van der Waals surface area contributed by atoms with Gasteiger partial charge in [0.2, 0.25) is 0 Å². The molecule has 1 amide bonds. The van der Waals surface area contributed by atoms with Gasteiger partial charge in [0.05, 0.1) is 11.6 Å². The third-order valence-electron chi connectivity index (χ3n) is 3.65. The highest BCUT2D eigenvalue weighted by atomic mass is 32.1. The molecule has 1 aromatic rings. The van der Waals surface area contributed by atoms with Crippen LogP contribution in [0.1, 0.15) is 15.9 Å². The fourth-order valence-corrected chi connectivity index (χ4v) is 2.63. The van der Waals surface area contributed by atoms with E-state index in [4.69, 9.17) is 23.1 Å². The molecule has 0 unspecified atom stereocenters. The maximum absolute atomic E-state index is 12.4. The fraction of sp³-hybridized carbons (Fsp3) is 0.467. The largest absolute Gasteiger partial charge is 0.395 e. The van der Waals surface area contributed by atoms with Gasteiger partial charge < -0.3 is 15.7 Å². The van der Waals surface area contributed by atoms with Crippen molar-refractivity contribution < 1.29 is 9.90 Å². The van der Waals surface area contributed by atoms with Gasteiger partial charge in [-0.2, -0.15) is 0 Å². The molecule has 1 aromatic carbocycles. The topological polar surface area (TPSA) is 69.8 Å². The Morgan fingerprint density at radius 1 is 1.19 bits per heavy atom. The van der Waals surface area contributed by atoms with E-state index in [9.17, 15) is 4.79 Å². The van der Waals surface area contributed by atoms with Crippen LogP contribution in [-0.4, -0.2) is 65.1 Å². The predicted molar refractivity (Wildman–Crippen MR) is 86.4 cm³/mol. The van der Waals surface area contributed by atoms with Crippen molar-refractivity contribution in [1.29, 1.82) is 0 Å². The summed E-state index contributed by atoms with van der Waals surface area (Å²) in [4.78, 5) is 16.9. The van der Waals surface area contributed by atoms with Crippen molar-refractivity contribution in [3.8, 4) is 0 Å². The lowest BCUT2D eigenvalue weighted by Crippen LogP contribution is -2.49. The van der Waals surface area contributed by atoms with Crippen LogP contribution in [0.15, 0.2) is 24.3 Å². The SMILES string of the molecule is NC(=S)Cc1ccc(C(=O)N2CCN(CCO)CC2)cc1. The van der Waals surface area contributed by atoms with Crippen LogP contribution < -0.4 is 5.73 Å².